The Morgan fingerprint density at radius 1 is 1.32 bits per heavy atom. The van der Waals surface area contributed by atoms with Crippen molar-refractivity contribution in [1.82, 2.24) is 14.8 Å². The molecule has 0 radical (unpaired) electrons. The van der Waals surface area contributed by atoms with Gasteiger partial charge in [0.1, 0.15) is 11.1 Å². The van der Waals surface area contributed by atoms with E-state index in [1.807, 2.05) is 0 Å². The van der Waals surface area contributed by atoms with Gasteiger partial charge in [-0.3, -0.25) is 9.69 Å². The minimum atomic E-state index is -0.0330. The average molecular weight is 420 g/mol. The lowest BCUT2D eigenvalue weighted by molar-refractivity contribution is -0.135. The van der Waals surface area contributed by atoms with Crippen LogP contribution in [0.5, 0.6) is 0 Å². The maximum absolute atomic E-state index is 13.0. The number of nitrogens with zero attached hydrogens (tertiary/aromatic N) is 3. The quantitative estimate of drug-likeness (QED) is 0.744. The van der Waals surface area contributed by atoms with E-state index in [0.29, 0.717) is 13.2 Å². The predicted octanol–water partition coefficient (Wildman–Crippen LogP) is 4.24. The Kier molecular flexibility index (Phi) is 5.88. The van der Waals surface area contributed by atoms with Gasteiger partial charge in [0.15, 0.2) is 0 Å². The van der Waals surface area contributed by atoms with E-state index in [4.69, 9.17) is 9.72 Å². The van der Waals surface area contributed by atoms with E-state index in [9.17, 15) is 4.79 Å². The van der Waals surface area contributed by atoms with E-state index in [0.717, 1.165) is 43.2 Å². The second-order valence-electron chi connectivity index (χ2n) is 8.68. The van der Waals surface area contributed by atoms with E-state index in [-0.39, 0.29) is 23.5 Å². The number of thiophene rings is 1. The first-order valence-electron chi connectivity index (χ1n) is 10.0. The zero-order chi connectivity index (χ0) is 19.7. The zero-order valence-electron chi connectivity index (χ0n) is 16.9. The van der Waals surface area contributed by atoms with Crippen molar-refractivity contribution in [1.29, 1.82) is 0 Å². The molecule has 2 atom stereocenters. The number of rotatable bonds is 4. The Balaban J connectivity index is 1.38. The van der Waals surface area contributed by atoms with Crippen molar-refractivity contribution in [2.45, 2.75) is 51.2 Å². The molecule has 4 rings (SSSR count). The maximum Gasteiger partial charge on any atom is 0.237 e. The molecule has 4 heterocycles. The van der Waals surface area contributed by atoms with Crippen molar-refractivity contribution in [3.8, 4) is 0 Å². The number of hydrogen-bond donors (Lipinski definition) is 0. The second-order valence-corrected chi connectivity index (χ2v) is 10.5. The molecule has 7 heteroatoms. The van der Waals surface area contributed by atoms with E-state index in [1.165, 1.54) is 4.88 Å². The zero-order valence-corrected chi connectivity index (χ0v) is 18.5. The third-order valence-corrected chi connectivity index (χ3v) is 7.43. The number of ether oxygens (including phenoxy) is 1. The number of aromatic nitrogens is 1. The van der Waals surface area contributed by atoms with Crippen LogP contribution in [-0.4, -0.2) is 53.5 Å². The van der Waals surface area contributed by atoms with Gasteiger partial charge in [-0.2, -0.15) is 0 Å². The highest BCUT2D eigenvalue weighted by Crippen LogP contribution is 2.35. The highest BCUT2D eigenvalue weighted by molar-refractivity contribution is 7.10. The van der Waals surface area contributed by atoms with Crippen LogP contribution in [0.1, 0.15) is 61.3 Å². The Hall–Kier alpha value is -1.28. The van der Waals surface area contributed by atoms with E-state index in [1.54, 1.807) is 22.7 Å². The SMILES string of the molecule is CC(C)(C)c1csc(C2CN(CC(=O)N3CCCC3c3cccs3)CCO2)n1. The monoisotopic (exact) mass is 419 g/mol. The lowest BCUT2D eigenvalue weighted by atomic mass is 9.93. The number of morpholine rings is 1. The summed E-state index contributed by atoms with van der Waals surface area (Å²) in [6.45, 7) is 10.1. The van der Waals surface area contributed by atoms with Gasteiger partial charge in [-0.1, -0.05) is 26.8 Å². The number of thiazole rings is 1. The van der Waals surface area contributed by atoms with Crippen LogP contribution in [0.3, 0.4) is 0 Å². The number of amides is 1. The molecule has 2 unspecified atom stereocenters. The first kappa shape index (κ1) is 20.0. The predicted molar refractivity (Wildman–Crippen MR) is 114 cm³/mol. The van der Waals surface area contributed by atoms with Gasteiger partial charge in [0, 0.05) is 35.3 Å². The Morgan fingerprint density at radius 2 is 2.18 bits per heavy atom. The molecule has 2 aromatic heterocycles. The van der Waals surface area contributed by atoms with Gasteiger partial charge in [-0.25, -0.2) is 4.98 Å². The van der Waals surface area contributed by atoms with Crippen LogP contribution in [0, 0.1) is 0 Å². The van der Waals surface area contributed by atoms with Crippen LogP contribution in [0.15, 0.2) is 22.9 Å². The molecule has 0 bridgehead atoms. The van der Waals surface area contributed by atoms with Crippen LogP contribution in [-0.2, 0) is 14.9 Å². The second kappa shape index (κ2) is 8.22. The lowest BCUT2D eigenvalue weighted by Gasteiger charge is -2.33. The average Bonchev–Trinajstić information content (AvgIpc) is 3.41. The number of likely N-dealkylation sites (tertiary alicyclic amines) is 1. The molecule has 0 saturated carbocycles. The van der Waals surface area contributed by atoms with Crippen molar-refractivity contribution in [2.24, 2.45) is 0 Å². The molecular formula is C21H29N3O2S2. The summed E-state index contributed by atoms with van der Waals surface area (Å²) in [5, 5.41) is 5.27. The number of carbonyl (C=O) groups is 1. The van der Waals surface area contributed by atoms with Crippen molar-refractivity contribution in [3.05, 3.63) is 38.5 Å². The molecule has 28 heavy (non-hydrogen) atoms. The highest BCUT2D eigenvalue weighted by atomic mass is 32.1. The molecule has 2 aliphatic heterocycles. The smallest absolute Gasteiger partial charge is 0.237 e. The van der Waals surface area contributed by atoms with Crippen molar-refractivity contribution < 1.29 is 9.53 Å². The fraction of sp³-hybridized carbons (Fsp3) is 0.619. The Bertz CT molecular complexity index is 797. The summed E-state index contributed by atoms with van der Waals surface area (Å²) in [7, 11) is 0. The maximum atomic E-state index is 13.0. The van der Waals surface area contributed by atoms with E-state index in [2.05, 4.69) is 53.5 Å². The molecule has 0 spiro atoms. The van der Waals surface area contributed by atoms with Crippen molar-refractivity contribution in [3.63, 3.8) is 0 Å². The summed E-state index contributed by atoms with van der Waals surface area (Å²) in [5.74, 6) is 0.242. The van der Waals surface area contributed by atoms with Crippen LogP contribution in [0.2, 0.25) is 0 Å². The minimum Gasteiger partial charge on any atom is -0.368 e. The van der Waals surface area contributed by atoms with Gasteiger partial charge in [0.25, 0.3) is 0 Å². The standard InChI is InChI=1S/C21H29N3O2S2/c1-21(2,3)18-14-28-20(22-18)16-12-23(9-10-26-16)13-19(25)24-8-4-6-15(24)17-7-5-11-27-17/h5,7,11,14-16H,4,6,8-10,12-13H2,1-3H3. The third kappa shape index (κ3) is 4.32. The molecule has 0 aliphatic carbocycles. The summed E-state index contributed by atoms with van der Waals surface area (Å²) in [4.78, 5) is 23.5. The van der Waals surface area contributed by atoms with Gasteiger partial charge in [0.05, 0.1) is 24.9 Å². The normalized spacial score (nSPS) is 24.0. The summed E-state index contributed by atoms with van der Waals surface area (Å²) < 4.78 is 5.99. The van der Waals surface area contributed by atoms with Gasteiger partial charge >= 0.3 is 0 Å². The van der Waals surface area contributed by atoms with Gasteiger partial charge < -0.3 is 9.64 Å². The highest BCUT2D eigenvalue weighted by Gasteiger charge is 2.33. The fourth-order valence-corrected chi connectivity index (χ4v) is 5.86. The molecule has 2 aromatic rings. The minimum absolute atomic E-state index is 0.0330. The molecule has 2 fully saturated rings. The van der Waals surface area contributed by atoms with Crippen LogP contribution < -0.4 is 0 Å². The van der Waals surface area contributed by atoms with Crippen LogP contribution in [0.25, 0.3) is 0 Å². The van der Waals surface area contributed by atoms with Gasteiger partial charge in [0.2, 0.25) is 5.91 Å². The Labute approximate surface area is 175 Å². The summed E-state index contributed by atoms with van der Waals surface area (Å²) >= 11 is 3.43. The third-order valence-electron chi connectivity index (χ3n) is 5.52. The number of carbonyl (C=O) groups excluding carboxylic acids is 1. The van der Waals surface area contributed by atoms with E-state index >= 15 is 0 Å². The molecule has 0 aromatic carbocycles. The lowest BCUT2D eigenvalue weighted by Crippen LogP contribution is -2.45. The molecule has 2 aliphatic rings. The topological polar surface area (TPSA) is 45.7 Å². The molecule has 2 saturated heterocycles. The van der Waals surface area contributed by atoms with Crippen molar-refractivity contribution in [2.75, 3.05) is 32.8 Å². The molecule has 5 nitrogen and oxygen atoms in total. The number of hydrogen-bond acceptors (Lipinski definition) is 6. The molecule has 0 N–H and O–H groups in total. The first-order chi connectivity index (χ1) is 13.4. The van der Waals surface area contributed by atoms with Crippen LogP contribution in [0.4, 0.5) is 0 Å². The molecular weight excluding hydrogens is 390 g/mol. The van der Waals surface area contributed by atoms with Crippen molar-refractivity contribution >= 4 is 28.6 Å². The molecule has 152 valence electrons. The van der Waals surface area contributed by atoms with Crippen LogP contribution >= 0.6 is 22.7 Å². The van der Waals surface area contributed by atoms with Gasteiger partial charge in [-0.05, 0) is 24.3 Å². The summed E-state index contributed by atoms with van der Waals surface area (Å²) in [5.41, 5.74) is 1.16. The molecule has 1 amide bonds. The van der Waals surface area contributed by atoms with Gasteiger partial charge in [-0.15, -0.1) is 22.7 Å². The first-order valence-corrected chi connectivity index (χ1v) is 11.8. The summed E-state index contributed by atoms with van der Waals surface area (Å²) in [6.07, 6.45) is 2.14. The largest absolute Gasteiger partial charge is 0.368 e. The van der Waals surface area contributed by atoms with E-state index < -0.39 is 0 Å². The Morgan fingerprint density at radius 3 is 2.89 bits per heavy atom. The summed E-state index contributed by atoms with van der Waals surface area (Å²) in [6, 6.07) is 4.49. The fourth-order valence-electron chi connectivity index (χ4n) is 3.90.